The number of hydrogen-bond acceptors (Lipinski definition) is 5. The van der Waals surface area contributed by atoms with Gasteiger partial charge < -0.3 is 9.80 Å². The maximum absolute atomic E-state index is 12.9. The Bertz CT molecular complexity index is 791. The molecule has 0 radical (unpaired) electrons. The largest absolute Gasteiger partial charge is 0.360 e. The van der Waals surface area contributed by atoms with E-state index in [2.05, 4.69) is 14.0 Å². The molecule has 0 saturated carbocycles. The monoisotopic (exact) mass is 397 g/mol. The number of quaternary nitrogens is 1. The Morgan fingerprint density at radius 2 is 1.85 bits per heavy atom. The molecule has 9 heteroatoms. The minimum atomic E-state index is -3.70. The number of anilines is 1. The van der Waals surface area contributed by atoms with E-state index >= 15 is 0 Å². The van der Waals surface area contributed by atoms with Gasteiger partial charge in [0.2, 0.25) is 10.0 Å². The minimum Gasteiger partial charge on any atom is -0.360 e. The Kier molecular flexibility index (Phi) is 6.02. The van der Waals surface area contributed by atoms with Crippen molar-refractivity contribution in [2.75, 3.05) is 51.2 Å². The molecule has 2 aliphatic heterocycles. The molecule has 150 valence electrons. The summed E-state index contributed by atoms with van der Waals surface area (Å²) in [5.74, 6) is 0.511. The van der Waals surface area contributed by atoms with Crippen molar-refractivity contribution in [3.63, 3.8) is 0 Å². The van der Waals surface area contributed by atoms with E-state index in [1.165, 1.54) is 21.3 Å². The van der Waals surface area contributed by atoms with E-state index in [-0.39, 0.29) is 10.6 Å². The molecule has 1 aromatic carbocycles. The lowest BCUT2D eigenvalue weighted by Crippen LogP contribution is -3.09. The zero-order valence-electron chi connectivity index (χ0n) is 16.1. The molecule has 1 N–H and O–H groups in total. The summed E-state index contributed by atoms with van der Waals surface area (Å²) < 4.78 is 27.3. The smallest absolute Gasteiger partial charge is 0.293 e. The van der Waals surface area contributed by atoms with Crippen LogP contribution in [0.2, 0.25) is 0 Å². The standard InChI is InChI=1S/C18H28N4O4S/c1-15-6-10-21(11-7-15)27(25,26)16-4-5-17(18(14-16)22(23)24)20-9-3-8-19(2)12-13-20/h4-5,14-15H,3,6-13H2,1-2H3/p+1. The van der Waals surface area contributed by atoms with Crippen LogP contribution in [-0.2, 0) is 10.0 Å². The fourth-order valence-electron chi connectivity index (χ4n) is 3.83. The van der Waals surface area contributed by atoms with E-state index in [0.29, 0.717) is 24.7 Å². The van der Waals surface area contributed by atoms with Gasteiger partial charge in [-0.25, -0.2) is 8.42 Å². The highest BCUT2D eigenvalue weighted by Gasteiger charge is 2.31. The summed E-state index contributed by atoms with van der Waals surface area (Å²) in [5.41, 5.74) is 0.391. The molecule has 2 aliphatic rings. The Morgan fingerprint density at radius 3 is 2.52 bits per heavy atom. The first-order valence-electron chi connectivity index (χ1n) is 9.64. The number of likely N-dealkylation sites (N-methyl/N-ethyl adjacent to an activating group) is 1. The second kappa shape index (κ2) is 8.12. The van der Waals surface area contributed by atoms with E-state index in [1.807, 2.05) is 4.90 Å². The molecule has 2 fully saturated rings. The predicted molar refractivity (Wildman–Crippen MR) is 104 cm³/mol. The third-order valence-corrected chi connectivity index (χ3v) is 7.60. The van der Waals surface area contributed by atoms with E-state index in [9.17, 15) is 18.5 Å². The number of nitrogens with zero attached hydrogens (tertiary/aromatic N) is 3. The number of sulfonamides is 1. The molecule has 2 saturated heterocycles. The van der Waals surface area contributed by atoms with Crippen molar-refractivity contribution in [1.29, 1.82) is 0 Å². The normalized spacial score (nSPS) is 23.2. The van der Waals surface area contributed by atoms with Crippen molar-refractivity contribution in [2.45, 2.75) is 31.1 Å². The first-order chi connectivity index (χ1) is 12.8. The van der Waals surface area contributed by atoms with Crippen LogP contribution in [0.25, 0.3) is 0 Å². The van der Waals surface area contributed by atoms with Gasteiger partial charge >= 0.3 is 0 Å². The average molecular weight is 398 g/mol. The summed E-state index contributed by atoms with van der Waals surface area (Å²) in [6.45, 7) is 6.47. The van der Waals surface area contributed by atoms with Crippen LogP contribution >= 0.6 is 0 Å². The summed E-state index contributed by atoms with van der Waals surface area (Å²) in [6.07, 6.45) is 2.60. The zero-order valence-corrected chi connectivity index (χ0v) is 16.9. The van der Waals surface area contributed by atoms with Crippen molar-refractivity contribution < 1.29 is 18.2 Å². The highest BCUT2D eigenvalue weighted by atomic mass is 32.2. The molecule has 0 aliphatic carbocycles. The highest BCUT2D eigenvalue weighted by molar-refractivity contribution is 7.89. The van der Waals surface area contributed by atoms with Gasteiger partial charge in [-0.05, 0) is 30.9 Å². The van der Waals surface area contributed by atoms with Gasteiger partial charge in [0.15, 0.2) is 0 Å². The Morgan fingerprint density at radius 1 is 1.15 bits per heavy atom. The molecule has 0 amide bonds. The van der Waals surface area contributed by atoms with Crippen LogP contribution in [0.5, 0.6) is 0 Å². The summed E-state index contributed by atoms with van der Waals surface area (Å²) in [4.78, 5) is 14.6. The van der Waals surface area contributed by atoms with Crippen molar-refractivity contribution in [1.82, 2.24) is 4.31 Å². The Balaban J connectivity index is 1.90. The topological polar surface area (TPSA) is 88.2 Å². The first-order valence-corrected chi connectivity index (χ1v) is 11.1. The molecular formula is C18H29N4O4S+. The van der Waals surface area contributed by atoms with Gasteiger partial charge in [0.1, 0.15) is 5.69 Å². The quantitative estimate of drug-likeness (QED) is 0.598. The van der Waals surface area contributed by atoms with Crippen LogP contribution in [0.1, 0.15) is 26.2 Å². The van der Waals surface area contributed by atoms with Gasteiger partial charge in [-0.1, -0.05) is 6.92 Å². The predicted octanol–water partition coefficient (Wildman–Crippen LogP) is 0.740. The molecule has 0 bridgehead atoms. The van der Waals surface area contributed by atoms with Gasteiger partial charge in [0.25, 0.3) is 5.69 Å². The van der Waals surface area contributed by atoms with Crippen LogP contribution in [0.4, 0.5) is 11.4 Å². The fraction of sp³-hybridized carbons (Fsp3) is 0.667. The van der Waals surface area contributed by atoms with Crippen molar-refractivity contribution in [2.24, 2.45) is 5.92 Å². The number of piperidine rings is 1. The minimum absolute atomic E-state index is 0.0186. The molecule has 8 nitrogen and oxygen atoms in total. The van der Waals surface area contributed by atoms with Crippen LogP contribution in [-0.4, -0.2) is 64.0 Å². The van der Waals surface area contributed by atoms with Crippen LogP contribution in [0.15, 0.2) is 23.1 Å². The number of benzene rings is 1. The van der Waals surface area contributed by atoms with Gasteiger partial charge in [-0.2, -0.15) is 4.31 Å². The first kappa shape index (κ1) is 20.0. The highest BCUT2D eigenvalue weighted by Crippen LogP contribution is 2.33. The van der Waals surface area contributed by atoms with E-state index < -0.39 is 14.9 Å². The van der Waals surface area contributed by atoms with Crippen molar-refractivity contribution in [3.8, 4) is 0 Å². The molecule has 1 aromatic rings. The lowest BCUT2D eigenvalue weighted by atomic mass is 10.0. The van der Waals surface area contributed by atoms with Crippen LogP contribution in [0, 0.1) is 16.0 Å². The average Bonchev–Trinajstić information content (AvgIpc) is 2.86. The third kappa shape index (κ3) is 4.41. The maximum Gasteiger partial charge on any atom is 0.293 e. The SMILES string of the molecule is CC1CCN(S(=O)(=O)c2ccc(N3CCC[NH+](C)CC3)c([N+](=O)[O-])c2)CC1. The molecule has 2 heterocycles. The van der Waals surface area contributed by atoms with Crippen LogP contribution < -0.4 is 9.80 Å². The maximum atomic E-state index is 12.9. The number of nitro groups is 1. The number of nitro benzene ring substituents is 1. The van der Waals surface area contributed by atoms with E-state index in [0.717, 1.165) is 45.4 Å². The number of rotatable bonds is 4. The molecule has 0 spiro atoms. The van der Waals surface area contributed by atoms with E-state index in [1.54, 1.807) is 6.07 Å². The van der Waals surface area contributed by atoms with Crippen molar-refractivity contribution in [3.05, 3.63) is 28.3 Å². The molecule has 1 unspecified atom stereocenters. The van der Waals surface area contributed by atoms with Gasteiger partial charge in [-0.3, -0.25) is 10.1 Å². The van der Waals surface area contributed by atoms with Crippen molar-refractivity contribution >= 4 is 21.4 Å². The van der Waals surface area contributed by atoms with Gasteiger partial charge in [-0.15, -0.1) is 0 Å². The van der Waals surface area contributed by atoms with Gasteiger partial charge in [0, 0.05) is 32.1 Å². The molecule has 27 heavy (non-hydrogen) atoms. The third-order valence-electron chi connectivity index (χ3n) is 5.70. The lowest BCUT2D eigenvalue weighted by molar-refractivity contribution is -0.876. The Hall–Kier alpha value is -1.71. The zero-order chi connectivity index (χ0) is 19.6. The lowest BCUT2D eigenvalue weighted by Gasteiger charge is -2.29. The second-order valence-corrected chi connectivity index (χ2v) is 9.73. The van der Waals surface area contributed by atoms with Crippen LogP contribution in [0.3, 0.4) is 0 Å². The summed E-state index contributed by atoms with van der Waals surface area (Å²) in [5, 5.41) is 11.7. The number of hydrogen-bond donors (Lipinski definition) is 1. The number of nitrogens with one attached hydrogen (secondary N) is 1. The summed E-state index contributed by atoms with van der Waals surface area (Å²) >= 11 is 0. The summed E-state index contributed by atoms with van der Waals surface area (Å²) in [7, 11) is -1.58. The summed E-state index contributed by atoms with van der Waals surface area (Å²) in [6, 6.07) is 4.37. The molecule has 3 rings (SSSR count). The Labute approximate surface area is 160 Å². The molecule has 0 aromatic heterocycles. The molecular weight excluding hydrogens is 368 g/mol. The molecule has 1 atom stereocenters. The fourth-order valence-corrected chi connectivity index (χ4v) is 5.32. The van der Waals surface area contributed by atoms with Gasteiger partial charge in [0.05, 0.1) is 36.5 Å². The van der Waals surface area contributed by atoms with E-state index in [4.69, 9.17) is 0 Å². The second-order valence-electron chi connectivity index (χ2n) is 7.79.